The molecule has 0 saturated carbocycles. The number of fused-ring (bicyclic) bond motifs is 2. The van der Waals surface area contributed by atoms with Crippen molar-refractivity contribution in [2.75, 3.05) is 46.3 Å². The topological polar surface area (TPSA) is 55.9 Å². The molecule has 36 heavy (non-hydrogen) atoms. The maximum atomic E-state index is 6.26. The fourth-order valence-corrected chi connectivity index (χ4v) is 4.72. The van der Waals surface area contributed by atoms with Crippen LogP contribution in [0.1, 0.15) is 25.3 Å². The first kappa shape index (κ1) is 25.9. The third-order valence-corrected chi connectivity index (χ3v) is 6.53. The average molecular weight is 508 g/mol. The van der Waals surface area contributed by atoms with Gasteiger partial charge in [-0.1, -0.05) is 24.6 Å². The molecule has 0 atom stereocenters. The zero-order chi connectivity index (χ0) is 25.5. The second-order valence-corrected chi connectivity index (χ2v) is 9.21. The van der Waals surface area contributed by atoms with Gasteiger partial charge in [-0.05, 0) is 73.5 Å². The number of hydrogen-bond donors (Lipinski definition) is 1. The Morgan fingerprint density at radius 3 is 2.42 bits per heavy atom. The standard InChI is InChI=1S/C29H34ClN3O3/c1-5-14-33(19-20-7-12-27(35-3)28(16-20)36-4)15-6-13-31-29-23-10-8-21(30)17-26(23)32-25-11-9-22(34-2)18-24(25)29/h7-12,16-18H,5-6,13-15,19H2,1-4H3,(H,31,32). The molecule has 0 saturated heterocycles. The van der Waals surface area contributed by atoms with Crippen molar-refractivity contribution in [3.8, 4) is 17.2 Å². The Kier molecular flexibility index (Phi) is 8.73. The molecular formula is C29H34ClN3O3. The number of aromatic nitrogens is 1. The van der Waals surface area contributed by atoms with Crippen molar-refractivity contribution in [3.63, 3.8) is 0 Å². The number of nitrogens with one attached hydrogen (secondary N) is 1. The van der Waals surface area contributed by atoms with Gasteiger partial charge in [0.2, 0.25) is 0 Å². The van der Waals surface area contributed by atoms with Crippen molar-refractivity contribution in [2.45, 2.75) is 26.3 Å². The predicted octanol–water partition coefficient (Wildman–Crippen LogP) is 6.78. The number of halogens is 1. The van der Waals surface area contributed by atoms with E-state index in [-0.39, 0.29) is 0 Å². The molecule has 6 nitrogen and oxygen atoms in total. The molecule has 1 heterocycles. The summed E-state index contributed by atoms with van der Waals surface area (Å²) in [5, 5.41) is 6.47. The van der Waals surface area contributed by atoms with Gasteiger partial charge in [0.1, 0.15) is 5.75 Å². The maximum absolute atomic E-state index is 6.26. The lowest BCUT2D eigenvalue weighted by Crippen LogP contribution is -2.26. The molecule has 0 amide bonds. The highest BCUT2D eigenvalue weighted by molar-refractivity contribution is 6.31. The third kappa shape index (κ3) is 5.94. The molecule has 4 aromatic rings. The molecule has 0 radical (unpaired) electrons. The van der Waals surface area contributed by atoms with Crippen LogP contribution in [-0.2, 0) is 6.54 Å². The normalized spacial score (nSPS) is 11.3. The van der Waals surface area contributed by atoms with Gasteiger partial charge >= 0.3 is 0 Å². The van der Waals surface area contributed by atoms with Gasteiger partial charge in [0.05, 0.1) is 38.1 Å². The van der Waals surface area contributed by atoms with Crippen LogP contribution in [-0.4, -0.2) is 50.8 Å². The highest BCUT2D eigenvalue weighted by Crippen LogP contribution is 2.34. The Hall–Kier alpha value is -3.22. The van der Waals surface area contributed by atoms with Crippen molar-refractivity contribution in [3.05, 3.63) is 65.2 Å². The van der Waals surface area contributed by atoms with Gasteiger partial charge in [0.15, 0.2) is 11.5 Å². The molecule has 1 aromatic heterocycles. The molecule has 0 unspecified atom stereocenters. The number of methoxy groups -OCH3 is 3. The number of anilines is 1. The van der Waals surface area contributed by atoms with Crippen LogP contribution in [0.15, 0.2) is 54.6 Å². The summed E-state index contributed by atoms with van der Waals surface area (Å²) in [6.07, 6.45) is 2.09. The molecule has 0 aliphatic rings. The summed E-state index contributed by atoms with van der Waals surface area (Å²) in [6.45, 7) is 5.93. The molecule has 190 valence electrons. The monoisotopic (exact) mass is 507 g/mol. The van der Waals surface area contributed by atoms with E-state index >= 15 is 0 Å². The Morgan fingerprint density at radius 2 is 1.67 bits per heavy atom. The highest BCUT2D eigenvalue weighted by Gasteiger charge is 2.12. The summed E-state index contributed by atoms with van der Waals surface area (Å²) in [6, 6.07) is 18.0. The van der Waals surface area contributed by atoms with Crippen LogP contribution in [0.4, 0.5) is 5.69 Å². The number of hydrogen-bond acceptors (Lipinski definition) is 6. The van der Waals surface area contributed by atoms with E-state index in [0.717, 1.165) is 83.8 Å². The van der Waals surface area contributed by atoms with Crippen molar-refractivity contribution >= 4 is 39.1 Å². The fraction of sp³-hybridized carbons (Fsp3) is 0.345. The van der Waals surface area contributed by atoms with E-state index in [1.54, 1.807) is 21.3 Å². The van der Waals surface area contributed by atoms with Crippen LogP contribution in [0.3, 0.4) is 0 Å². The van der Waals surface area contributed by atoms with Crippen molar-refractivity contribution < 1.29 is 14.2 Å². The summed E-state index contributed by atoms with van der Waals surface area (Å²) in [5.74, 6) is 2.33. The van der Waals surface area contributed by atoms with Crippen molar-refractivity contribution in [1.82, 2.24) is 9.88 Å². The molecule has 4 rings (SSSR count). The molecule has 0 spiro atoms. The number of ether oxygens (including phenoxy) is 3. The maximum Gasteiger partial charge on any atom is 0.161 e. The van der Waals surface area contributed by atoms with E-state index in [2.05, 4.69) is 29.3 Å². The highest BCUT2D eigenvalue weighted by atomic mass is 35.5. The van der Waals surface area contributed by atoms with Crippen LogP contribution < -0.4 is 19.5 Å². The molecule has 3 aromatic carbocycles. The summed E-state index contributed by atoms with van der Waals surface area (Å²) in [4.78, 5) is 7.30. The van der Waals surface area contributed by atoms with Gasteiger partial charge in [0, 0.05) is 35.4 Å². The van der Waals surface area contributed by atoms with E-state index in [4.69, 9.17) is 30.8 Å². The van der Waals surface area contributed by atoms with Crippen molar-refractivity contribution in [1.29, 1.82) is 0 Å². The molecule has 7 heteroatoms. The SMILES string of the molecule is CCCN(CCCNc1c2ccc(Cl)cc2nc2ccc(OC)cc12)Cc1ccc(OC)c(OC)c1. The molecule has 0 fully saturated rings. The molecule has 1 N–H and O–H groups in total. The summed E-state index contributed by atoms with van der Waals surface area (Å²) in [7, 11) is 5.02. The minimum atomic E-state index is 0.680. The zero-order valence-electron chi connectivity index (χ0n) is 21.4. The Morgan fingerprint density at radius 1 is 0.833 bits per heavy atom. The lowest BCUT2D eigenvalue weighted by atomic mass is 10.1. The zero-order valence-corrected chi connectivity index (χ0v) is 22.2. The van der Waals surface area contributed by atoms with Crippen molar-refractivity contribution in [2.24, 2.45) is 0 Å². The molecule has 0 aliphatic carbocycles. The van der Waals surface area contributed by atoms with E-state index < -0.39 is 0 Å². The summed E-state index contributed by atoms with van der Waals surface area (Å²) >= 11 is 6.26. The van der Waals surface area contributed by atoms with Crippen LogP contribution in [0, 0.1) is 0 Å². The lowest BCUT2D eigenvalue weighted by molar-refractivity contribution is 0.264. The molecule has 0 aliphatic heterocycles. The van der Waals surface area contributed by atoms with Crippen LogP contribution in [0.5, 0.6) is 17.2 Å². The first-order valence-corrected chi connectivity index (χ1v) is 12.7. The second-order valence-electron chi connectivity index (χ2n) is 8.78. The van der Waals surface area contributed by atoms with E-state index in [1.165, 1.54) is 5.56 Å². The van der Waals surface area contributed by atoms with Crippen LogP contribution in [0.2, 0.25) is 5.02 Å². The van der Waals surface area contributed by atoms with Gasteiger partial charge in [-0.3, -0.25) is 4.90 Å². The smallest absolute Gasteiger partial charge is 0.161 e. The molecular weight excluding hydrogens is 474 g/mol. The van der Waals surface area contributed by atoms with E-state index in [0.29, 0.717) is 5.02 Å². The van der Waals surface area contributed by atoms with Gasteiger partial charge < -0.3 is 19.5 Å². The first-order chi connectivity index (χ1) is 17.6. The summed E-state index contributed by atoms with van der Waals surface area (Å²) < 4.78 is 16.3. The Labute approximate surface area is 218 Å². The largest absolute Gasteiger partial charge is 0.497 e. The minimum Gasteiger partial charge on any atom is -0.497 e. The predicted molar refractivity (Wildman–Crippen MR) is 149 cm³/mol. The summed E-state index contributed by atoms with van der Waals surface area (Å²) in [5.41, 5.74) is 4.06. The number of nitrogens with zero attached hydrogens (tertiary/aromatic N) is 2. The number of pyridine rings is 1. The lowest BCUT2D eigenvalue weighted by Gasteiger charge is -2.23. The fourth-order valence-electron chi connectivity index (χ4n) is 4.55. The van der Waals surface area contributed by atoms with E-state index in [9.17, 15) is 0 Å². The van der Waals surface area contributed by atoms with Crippen LogP contribution >= 0.6 is 11.6 Å². The number of rotatable bonds is 12. The third-order valence-electron chi connectivity index (χ3n) is 6.29. The number of benzene rings is 3. The Balaban J connectivity index is 1.49. The van der Waals surface area contributed by atoms with Crippen LogP contribution in [0.25, 0.3) is 21.8 Å². The second kappa shape index (κ2) is 12.2. The van der Waals surface area contributed by atoms with E-state index in [1.807, 2.05) is 42.5 Å². The minimum absolute atomic E-state index is 0.680. The molecule has 0 bridgehead atoms. The Bertz CT molecular complexity index is 1330. The van der Waals surface area contributed by atoms with Gasteiger partial charge in [-0.25, -0.2) is 4.98 Å². The quantitative estimate of drug-likeness (QED) is 0.168. The average Bonchev–Trinajstić information content (AvgIpc) is 2.90. The van der Waals surface area contributed by atoms with Gasteiger partial charge in [-0.2, -0.15) is 0 Å². The first-order valence-electron chi connectivity index (χ1n) is 12.3. The van der Waals surface area contributed by atoms with Gasteiger partial charge in [-0.15, -0.1) is 0 Å². The van der Waals surface area contributed by atoms with Gasteiger partial charge in [0.25, 0.3) is 0 Å².